The number of ether oxygens (including phenoxy) is 1. The number of ketones is 1. The SMILES string of the molecule is C[C@@]1(c2cc(CC(=O)c3ncc(C(F)(F)F)cc3Cl)ccc2F)COCCC(=O)N1. The minimum absolute atomic E-state index is 0.0410. The van der Waals surface area contributed by atoms with Crippen molar-refractivity contribution in [1.29, 1.82) is 0 Å². The number of carbonyl (C=O) groups is 2. The lowest BCUT2D eigenvalue weighted by molar-refractivity contribution is -0.137. The first-order chi connectivity index (χ1) is 14.0. The normalized spacial score (nSPS) is 19.9. The Morgan fingerprint density at radius 2 is 2.07 bits per heavy atom. The van der Waals surface area contributed by atoms with Crippen LogP contribution < -0.4 is 5.32 Å². The number of nitrogens with one attached hydrogen (secondary N) is 1. The maximum absolute atomic E-state index is 14.5. The van der Waals surface area contributed by atoms with E-state index >= 15 is 0 Å². The molecule has 1 aliphatic heterocycles. The van der Waals surface area contributed by atoms with Crippen molar-refractivity contribution in [2.24, 2.45) is 0 Å². The number of pyridine rings is 1. The molecule has 0 unspecified atom stereocenters. The second-order valence-electron chi connectivity index (χ2n) is 7.15. The van der Waals surface area contributed by atoms with E-state index < -0.39 is 33.9 Å². The highest BCUT2D eigenvalue weighted by Gasteiger charge is 2.34. The smallest absolute Gasteiger partial charge is 0.378 e. The first-order valence-corrected chi connectivity index (χ1v) is 9.31. The van der Waals surface area contributed by atoms with Crippen LogP contribution in [0.15, 0.2) is 30.5 Å². The third kappa shape index (κ3) is 4.79. The molecular formula is C20H17ClF4N2O3. The van der Waals surface area contributed by atoms with Crippen LogP contribution in [-0.2, 0) is 27.7 Å². The van der Waals surface area contributed by atoms with Crippen molar-refractivity contribution in [3.05, 3.63) is 63.7 Å². The molecule has 30 heavy (non-hydrogen) atoms. The maximum atomic E-state index is 14.5. The molecule has 0 bridgehead atoms. The molecule has 160 valence electrons. The summed E-state index contributed by atoms with van der Waals surface area (Å²) in [7, 11) is 0. The van der Waals surface area contributed by atoms with Crippen molar-refractivity contribution >= 4 is 23.3 Å². The van der Waals surface area contributed by atoms with Crippen LogP contribution in [0.5, 0.6) is 0 Å². The molecule has 5 nitrogen and oxygen atoms in total. The number of hydrogen-bond acceptors (Lipinski definition) is 4. The van der Waals surface area contributed by atoms with E-state index in [1.807, 2.05) is 0 Å². The quantitative estimate of drug-likeness (QED) is 0.570. The van der Waals surface area contributed by atoms with E-state index in [9.17, 15) is 27.2 Å². The van der Waals surface area contributed by atoms with Gasteiger partial charge in [0.25, 0.3) is 0 Å². The van der Waals surface area contributed by atoms with Crippen LogP contribution >= 0.6 is 11.6 Å². The molecule has 1 aromatic carbocycles. The van der Waals surface area contributed by atoms with Crippen LogP contribution in [0.1, 0.15) is 40.5 Å². The highest BCUT2D eigenvalue weighted by atomic mass is 35.5. The fourth-order valence-corrected chi connectivity index (χ4v) is 3.44. The van der Waals surface area contributed by atoms with Gasteiger partial charge in [-0.3, -0.25) is 14.6 Å². The van der Waals surface area contributed by atoms with Crippen LogP contribution in [0, 0.1) is 5.82 Å². The van der Waals surface area contributed by atoms with E-state index in [1.54, 1.807) is 6.92 Å². The molecule has 1 aliphatic rings. The summed E-state index contributed by atoms with van der Waals surface area (Å²) in [4.78, 5) is 28.0. The van der Waals surface area contributed by atoms with Gasteiger partial charge in [-0.25, -0.2) is 4.39 Å². The van der Waals surface area contributed by atoms with Gasteiger partial charge in [0, 0.05) is 24.6 Å². The van der Waals surface area contributed by atoms with Gasteiger partial charge in [-0.2, -0.15) is 13.2 Å². The Bertz CT molecular complexity index is 997. The minimum Gasteiger partial charge on any atom is -0.378 e. The maximum Gasteiger partial charge on any atom is 0.417 e. The molecule has 1 aromatic heterocycles. The van der Waals surface area contributed by atoms with Gasteiger partial charge in [-0.05, 0) is 30.7 Å². The second kappa shape index (κ2) is 8.31. The third-order valence-corrected chi connectivity index (χ3v) is 4.99. The van der Waals surface area contributed by atoms with Crippen molar-refractivity contribution in [2.45, 2.75) is 31.5 Å². The van der Waals surface area contributed by atoms with Crippen molar-refractivity contribution < 1.29 is 31.9 Å². The Morgan fingerprint density at radius 1 is 1.33 bits per heavy atom. The van der Waals surface area contributed by atoms with E-state index in [-0.39, 0.29) is 43.2 Å². The predicted octanol–water partition coefficient (Wildman–Crippen LogP) is 4.07. The molecule has 1 N–H and O–H groups in total. The number of halogens is 5. The van der Waals surface area contributed by atoms with Gasteiger partial charge in [-0.15, -0.1) is 0 Å². The Labute approximate surface area is 174 Å². The zero-order valence-corrected chi connectivity index (χ0v) is 16.5. The van der Waals surface area contributed by atoms with E-state index in [4.69, 9.17) is 16.3 Å². The number of aromatic nitrogens is 1. The van der Waals surface area contributed by atoms with Gasteiger partial charge < -0.3 is 10.1 Å². The van der Waals surface area contributed by atoms with Crippen LogP contribution in [-0.4, -0.2) is 29.9 Å². The molecule has 1 atom stereocenters. The van der Waals surface area contributed by atoms with Crippen molar-refractivity contribution in [3.8, 4) is 0 Å². The monoisotopic (exact) mass is 444 g/mol. The Balaban J connectivity index is 1.87. The molecule has 2 aromatic rings. The zero-order valence-electron chi connectivity index (χ0n) is 15.8. The number of rotatable bonds is 4. The Hall–Kier alpha value is -2.52. The highest BCUT2D eigenvalue weighted by molar-refractivity contribution is 6.33. The lowest BCUT2D eigenvalue weighted by Gasteiger charge is -2.29. The standard InChI is InChI=1S/C20H17ClF4N2O3/c1-19(10-30-5-4-17(29)27-19)13-6-11(2-3-15(13)22)7-16(28)18-14(21)8-12(9-26-18)20(23,24)25/h2-3,6,8-9H,4-5,7,10H2,1H3,(H,27,29)/t19-/m0/s1. The summed E-state index contributed by atoms with van der Waals surface area (Å²) < 4.78 is 58.1. The number of amides is 1. The number of alkyl halides is 3. The lowest BCUT2D eigenvalue weighted by atomic mass is 9.89. The summed E-state index contributed by atoms with van der Waals surface area (Å²) in [5, 5.41) is 2.30. The van der Waals surface area contributed by atoms with Gasteiger partial charge in [-0.1, -0.05) is 17.7 Å². The van der Waals surface area contributed by atoms with Crippen molar-refractivity contribution in [3.63, 3.8) is 0 Å². The molecule has 10 heteroatoms. The average Bonchev–Trinajstić information content (AvgIpc) is 2.83. The van der Waals surface area contributed by atoms with Gasteiger partial charge in [0.1, 0.15) is 11.5 Å². The summed E-state index contributed by atoms with van der Waals surface area (Å²) in [6.07, 6.45) is -4.22. The van der Waals surface area contributed by atoms with Gasteiger partial charge >= 0.3 is 6.18 Å². The molecule has 1 amide bonds. The molecule has 1 fully saturated rings. The number of nitrogens with zero attached hydrogens (tertiary/aromatic N) is 1. The minimum atomic E-state index is -4.63. The lowest BCUT2D eigenvalue weighted by Crippen LogP contribution is -2.45. The van der Waals surface area contributed by atoms with Crippen LogP contribution in [0.3, 0.4) is 0 Å². The fourth-order valence-electron chi connectivity index (χ4n) is 3.17. The second-order valence-corrected chi connectivity index (χ2v) is 7.56. The van der Waals surface area contributed by atoms with E-state index in [1.165, 1.54) is 12.1 Å². The largest absolute Gasteiger partial charge is 0.417 e. The van der Waals surface area contributed by atoms with E-state index in [0.29, 0.717) is 17.8 Å². The summed E-state index contributed by atoms with van der Waals surface area (Å²) >= 11 is 5.82. The van der Waals surface area contributed by atoms with Gasteiger partial charge in [0.2, 0.25) is 5.91 Å². The topological polar surface area (TPSA) is 68.3 Å². The fraction of sp³-hybridized carbons (Fsp3) is 0.350. The molecule has 1 saturated heterocycles. The number of benzene rings is 1. The molecule has 0 radical (unpaired) electrons. The molecule has 2 heterocycles. The first kappa shape index (κ1) is 22.2. The molecule has 0 saturated carbocycles. The average molecular weight is 445 g/mol. The first-order valence-electron chi connectivity index (χ1n) is 8.93. The van der Waals surface area contributed by atoms with E-state index in [2.05, 4.69) is 10.3 Å². The van der Waals surface area contributed by atoms with Crippen LogP contribution in [0.4, 0.5) is 17.6 Å². The number of hydrogen-bond donors (Lipinski definition) is 1. The number of carbonyl (C=O) groups excluding carboxylic acids is 2. The van der Waals surface area contributed by atoms with Crippen LogP contribution in [0.25, 0.3) is 0 Å². The summed E-state index contributed by atoms with van der Waals surface area (Å²) in [5.41, 5.74) is -2.00. The van der Waals surface area contributed by atoms with Crippen molar-refractivity contribution in [1.82, 2.24) is 10.3 Å². The molecule has 0 aliphatic carbocycles. The molecule has 3 rings (SSSR count). The molecular weight excluding hydrogens is 428 g/mol. The molecule has 0 spiro atoms. The zero-order chi connectivity index (χ0) is 22.1. The van der Waals surface area contributed by atoms with E-state index in [0.717, 1.165) is 6.07 Å². The van der Waals surface area contributed by atoms with Gasteiger partial charge in [0.05, 0.1) is 29.3 Å². The summed E-state index contributed by atoms with van der Waals surface area (Å²) in [6.45, 7) is 1.85. The predicted molar refractivity (Wildman–Crippen MR) is 99.6 cm³/mol. The van der Waals surface area contributed by atoms with Crippen molar-refractivity contribution in [2.75, 3.05) is 13.2 Å². The summed E-state index contributed by atoms with van der Waals surface area (Å²) in [5.74, 6) is -1.51. The Morgan fingerprint density at radius 3 is 2.73 bits per heavy atom. The van der Waals surface area contributed by atoms with Gasteiger partial charge in [0.15, 0.2) is 5.78 Å². The highest BCUT2D eigenvalue weighted by Crippen LogP contribution is 2.32. The summed E-state index contributed by atoms with van der Waals surface area (Å²) in [6, 6.07) is 4.58. The third-order valence-electron chi connectivity index (χ3n) is 4.70. The van der Waals surface area contributed by atoms with Crippen LogP contribution in [0.2, 0.25) is 5.02 Å². The Kier molecular flexibility index (Phi) is 6.14. The number of Topliss-reactive ketones (excluding diaryl/α,β-unsaturated/α-hetero) is 1.